The van der Waals surface area contributed by atoms with E-state index in [-0.39, 0.29) is 6.07 Å². The molecular formula is C13H8F6O2. The second-order valence-electron chi connectivity index (χ2n) is 4.00. The van der Waals surface area contributed by atoms with Gasteiger partial charge in [-0.3, -0.25) is 4.79 Å². The van der Waals surface area contributed by atoms with Crippen molar-refractivity contribution in [2.75, 3.05) is 0 Å². The molecule has 114 valence electrons. The van der Waals surface area contributed by atoms with Gasteiger partial charge in [0.2, 0.25) is 0 Å². The first-order chi connectivity index (χ1) is 9.45. The molecule has 1 aromatic carbocycles. The first kappa shape index (κ1) is 16.9. The topological polar surface area (TPSA) is 26.3 Å². The molecule has 0 saturated heterocycles. The number of esters is 1. The smallest absolute Gasteiger partial charge is 0.416 e. The highest BCUT2D eigenvalue weighted by Gasteiger charge is 2.37. The van der Waals surface area contributed by atoms with Crippen molar-refractivity contribution >= 4 is 5.97 Å². The van der Waals surface area contributed by atoms with Gasteiger partial charge in [0, 0.05) is 12.5 Å². The summed E-state index contributed by atoms with van der Waals surface area (Å²) in [7, 11) is 0. The van der Waals surface area contributed by atoms with Crippen LogP contribution in [0.2, 0.25) is 0 Å². The van der Waals surface area contributed by atoms with Crippen LogP contribution in [0.4, 0.5) is 26.3 Å². The molecule has 1 unspecified atom stereocenters. The number of terminal acetylenes is 1. The zero-order valence-electron chi connectivity index (χ0n) is 10.5. The van der Waals surface area contributed by atoms with Crippen LogP contribution in [0.25, 0.3) is 0 Å². The first-order valence-corrected chi connectivity index (χ1v) is 5.38. The summed E-state index contributed by atoms with van der Waals surface area (Å²) < 4.78 is 80.3. The summed E-state index contributed by atoms with van der Waals surface area (Å²) in [5.41, 5.74) is -3.63. The fraction of sp³-hybridized carbons (Fsp3) is 0.308. The number of halogens is 6. The van der Waals surface area contributed by atoms with Crippen LogP contribution < -0.4 is 0 Å². The van der Waals surface area contributed by atoms with Gasteiger partial charge in [0.25, 0.3) is 0 Å². The van der Waals surface area contributed by atoms with Gasteiger partial charge in [-0.1, -0.05) is 5.92 Å². The highest BCUT2D eigenvalue weighted by atomic mass is 19.4. The Morgan fingerprint density at radius 2 is 1.52 bits per heavy atom. The van der Waals surface area contributed by atoms with E-state index in [1.54, 1.807) is 0 Å². The molecule has 0 radical (unpaired) electrons. The Morgan fingerprint density at radius 3 is 1.81 bits per heavy atom. The minimum atomic E-state index is -4.99. The maximum Gasteiger partial charge on any atom is 0.416 e. The Bertz CT molecular complexity index is 548. The zero-order chi connectivity index (χ0) is 16.4. The van der Waals surface area contributed by atoms with E-state index >= 15 is 0 Å². The van der Waals surface area contributed by atoms with Gasteiger partial charge in [0.1, 0.15) is 0 Å². The van der Waals surface area contributed by atoms with Crippen LogP contribution in [0.5, 0.6) is 0 Å². The summed E-state index contributed by atoms with van der Waals surface area (Å²) in [5.74, 6) is 0.902. The van der Waals surface area contributed by atoms with Crippen molar-refractivity contribution in [3.05, 3.63) is 34.9 Å². The van der Waals surface area contributed by atoms with Crippen molar-refractivity contribution in [1.29, 1.82) is 0 Å². The van der Waals surface area contributed by atoms with Gasteiger partial charge in [-0.25, -0.2) is 0 Å². The van der Waals surface area contributed by atoms with Gasteiger partial charge in [-0.2, -0.15) is 26.3 Å². The molecule has 21 heavy (non-hydrogen) atoms. The molecule has 0 aromatic heterocycles. The van der Waals surface area contributed by atoms with E-state index in [1.807, 2.05) is 5.92 Å². The summed E-state index contributed by atoms with van der Waals surface area (Å²) in [6.45, 7) is 0.933. The molecule has 0 fully saturated rings. The van der Waals surface area contributed by atoms with Gasteiger partial charge >= 0.3 is 18.3 Å². The molecule has 8 heteroatoms. The van der Waals surface area contributed by atoms with Crippen molar-refractivity contribution in [2.24, 2.45) is 0 Å². The van der Waals surface area contributed by atoms with Gasteiger partial charge in [0.05, 0.1) is 11.1 Å². The van der Waals surface area contributed by atoms with Crippen molar-refractivity contribution < 1.29 is 35.9 Å². The summed E-state index contributed by atoms with van der Waals surface area (Å²) in [6.07, 6.45) is -6.64. The second kappa shape index (κ2) is 5.68. The summed E-state index contributed by atoms with van der Waals surface area (Å²) in [5, 5.41) is 0. The summed E-state index contributed by atoms with van der Waals surface area (Å²) >= 11 is 0. The number of hydrogen-bond acceptors (Lipinski definition) is 2. The summed E-state index contributed by atoms with van der Waals surface area (Å²) in [6, 6.07) is 0.802. The molecule has 0 aliphatic carbocycles. The molecule has 0 N–H and O–H groups in total. The van der Waals surface area contributed by atoms with Crippen LogP contribution in [0, 0.1) is 12.3 Å². The number of rotatable bonds is 2. The Labute approximate surface area is 115 Å². The van der Waals surface area contributed by atoms with Gasteiger partial charge in [-0.05, 0) is 18.2 Å². The average Bonchev–Trinajstić information content (AvgIpc) is 2.33. The minimum absolute atomic E-state index is 0.0369. The number of carbonyl (C=O) groups is 1. The fourth-order valence-corrected chi connectivity index (χ4v) is 1.49. The van der Waals surface area contributed by atoms with Crippen LogP contribution in [0.3, 0.4) is 0 Å². The number of ether oxygens (including phenoxy) is 1. The largest absolute Gasteiger partial charge is 0.444 e. The monoisotopic (exact) mass is 310 g/mol. The Kier molecular flexibility index (Phi) is 4.56. The van der Waals surface area contributed by atoms with Crippen LogP contribution in [-0.2, 0) is 21.9 Å². The third-order valence-electron chi connectivity index (χ3n) is 2.35. The predicted octanol–water partition coefficient (Wildman–Crippen LogP) is 3.96. The lowest BCUT2D eigenvalue weighted by atomic mass is 10.0. The molecule has 2 nitrogen and oxygen atoms in total. The standard InChI is InChI=1S/C13H8F6O2/c1-3-11(21-7(2)20)8-4-9(12(14,15)16)6-10(5-8)13(17,18)19/h1,4-6,11H,2H3. The summed E-state index contributed by atoms with van der Waals surface area (Å²) in [4.78, 5) is 10.8. The van der Waals surface area contributed by atoms with Gasteiger partial charge in [-0.15, -0.1) is 6.42 Å². The molecule has 0 spiro atoms. The first-order valence-electron chi connectivity index (χ1n) is 5.38. The molecule has 1 atom stereocenters. The van der Waals surface area contributed by atoms with E-state index in [2.05, 4.69) is 4.74 Å². The Hall–Kier alpha value is -2.17. The predicted molar refractivity (Wildman–Crippen MR) is 59.8 cm³/mol. The molecular weight excluding hydrogens is 302 g/mol. The van der Waals surface area contributed by atoms with Crippen molar-refractivity contribution in [1.82, 2.24) is 0 Å². The zero-order valence-corrected chi connectivity index (χ0v) is 10.5. The van der Waals surface area contributed by atoms with Gasteiger partial charge < -0.3 is 4.74 Å². The second-order valence-corrected chi connectivity index (χ2v) is 4.00. The maximum absolute atomic E-state index is 12.6. The van der Waals surface area contributed by atoms with Crippen LogP contribution >= 0.6 is 0 Å². The Balaban J connectivity index is 3.45. The van der Waals surface area contributed by atoms with Crippen LogP contribution in [0.15, 0.2) is 18.2 Å². The van der Waals surface area contributed by atoms with E-state index in [9.17, 15) is 31.1 Å². The van der Waals surface area contributed by atoms with E-state index in [0.29, 0.717) is 12.1 Å². The third kappa shape index (κ3) is 4.41. The van der Waals surface area contributed by atoms with E-state index in [1.165, 1.54) is 0 Å². The molecule has 1 aromatic rings. The van der Waals surface area contributed by atoms with E-state index < -0.39 is 41.1 Å². The number of benzene rings is 1. The lowest BCUT2D eigenvalue weighted by Gasteiger charge is -2.17. The average molecular weight is 310 g/mol. The normalized spacial score (nSPS) is 13.4. The van der Waals surface area contributed by atoms with Crippen molar-refractivity contribution in [3.63, 3.8) is 0 Å². The molecule has 0 saturated carbocycles. The van der Waals surface area contributed by atoms with E-state index in [4.69, 9.17) is 6.42 Å². The van der Waals surface area contributed by atoms with Crippen molar-refractivity contribution in [3.8, 4) is 12.3 Å². The molecule has 0 bridgehead atoms. The van der Waals surface area contributed by atoms with Crippen LogP contribution in [-0.4, -0.2) is 5.97 Å². The number of alkyl halides is 6. The highest BCUT2D eigenvalue weighted by Crippen LogP contribution is 2.37. The van der Waals surface area contributed by atoms with E-state index in [0.717, 1.165) is 6.92 Å². The number of carbonyl (C=O) groups excluding carboxylic acids is 1. The fourth-order valence-electron chi connectivity index (χ4n) is 1.49. The quantitative estimate of drug-likeness (QED) is 0.469. The molecule has 1 rings (SSSR count). The Morgan fingerprint density at radius 1 is 1.10 bits per heavy atom. The molecule has 0 amide bonds. The lowest BCUT2D eigenvalue weighted by Crippen LogP contribution is -2.14. The third-order valence-corrected chi connectivity index (χ3v) is 2.35. The van der Waals surface area contributed by atoms with Crippen molar-refractivity contribution in [2.45, 2.75) is 25.4 Å². The molecule has 0 aliphatic rings. The SMILES string of the molecule is C#CC(OC(C)=O)c1cc(C(F)(F)F)cc(C(F)(F)F)c1. The van der Waals surface area contributed by atoms with Crippen LogP contribution in [0.1, 0.15) is 29.7 Å². The number of hydrogen-bond donors (Lipinski definition) is 0. The molecule has 0 heterocycles. The minimum Gasteiger partial charge on any atom is -0.444 e. The maximum atomic E-state index is 12.6. The lowest BCUT2D eigenvalue weighted by molar-refractivity contribution is -0.144. The van der Waals surface area contributed by atoms with Gasteiger partial charge in [0.15, 0.2) is 6.10 Å². The highest BCUT2D eigenvalue weighted by molar-refractivity contribution is 5.66. The molecule has 0 aliphatic heterocycles.